The van der Waals surface area contributed by atoms with E-state index in [1.165, 1.54) is 30.9 Å². The molecule has 0 aromatic carbocycles. The molecule has 0 bridgehead atoms. The first-order chi connectivity index (χ1) is 20.1. The van der Waals surface area contributed by atoms with E-state index in [0.717, 1.165) is 16.9 Å². The first-order valence-corrected chi connectivity index (χ1v) is 15.3. The van der Waals surface area contributed by atoms with Crippen molar-refractivity contribution in [1.82, 2.24) is 29.1 Å². The highest BCUT2D eigenvalue weighted by Gasteiger charge is 2.37. The molecule has 0 unspecified atom stereocenters. The van der Waals surface area contributed by atoms with Gasteiger partial charge in [0.1, 0.15) is 17.3 Å². The number of nitrogens with one attached hydrogen (secondary N) is 2. The van der Waals surface area contributed by atoms with Crippen molar-refractivity contribution in [1.29, 1.82) is 0 Å². The number of pyridine rings is 2. The van der Waals surface area contributed by atoms with E-state index in [-0.39, 0.29) is 23.1 Å². The largest absolute Gasteiger partial charge is 0.392 e. The van der Waals surface area contributed by atoms with Crippen LogP contribution in [0.4, 0.5) is 21.7 Å². The topological polar surface area (TPSA) is 168 Å². The van der Waals surface area contributed by atoms with E-state index in [4.69, 9.17) is 0 Å². The molecule has 4 aromatic heterocycles. The zero-order valence-electron chi connectivity index (χ0n) is 22.9. The highest BCUT2D eigenvalue weighted by atomic mass is 32.2. The molecule has 4 N–H and O–H groups in total. The second-order valence-corrected chi connectivity index (χ2v) is 13.1. The lowest BCUT2D eigenvalue weighted by atomic mass is 9.83. The lowest BCUT2D eigenvalue weighted by Crippen LogP contribution is -2.35. The third-order valence-electron chi connectivity index (χ3n) is 7.66. The summed E-state index contributed by atoms with van der Waals surface area (Å²) in [6.07, 6.45) is 11.3. The van der Waals surface area contributed by atoms with Gasteiger partial charge in [0.2, 0.25) is 0 Å². The van der Waals surface area contributed by atoms with Gasteiger partial charge in [-0.25, -0.2) is 27.8 Å². The van der Waals surface area contributed by atoms with E-state index in [1.54, 1.807) is 18.3 Å². The molecule has 0 atom stereocenters. The van der Waals surface area contributed by atoms with Crippen LogP contribution in [-0.4, -0.2) is 64.6 Å². The van der Waals surface area contributed by atoms with Gasteiger partial charge in [-0.05, 0) is 57.6 Å². The van der Waals surface area contributed by atoms with Crippen molar-refractivity contribution in [2.24, 2.45) is 0 Å². The Kier molecular flexibility index (Phi) is 7.37. The minimum atomic E-state index is -3.51. The summed E-state index contributed by atoms with van der Waals surface area (Å²) in [6, 6.07) is 4.84. The Hall–Kier alpha value is -4.01. The molecule has 2 saturated carbocycles. The van der Waals surface area contributed by atoms with Crippen molar-refractivity contribution in [3.8, 4) is 22.6 Å². The maximum Gasteiger partial charge on any atom is 0.256 e. The van der Waals surface area contributed by atoms with Gasteiger partial charge in [-0.2, -0.15) is 9.19 Å². The molecule has 12 nitrogen and oxygen atoms in total. The van der Waals surface area contributed by atoms with E-state index in [2.05, 4.69) is 35.7 Å². The van der Waals surface area contributed by atoms with E-state index in [9.17, 15) is 18.6 Å². The molecule has 2 aliphatic rings. The fourth-order valence-electron chi connectivity index (χ4n) is 5.01. The Balaban J connectivity index is 1.29. The summed E-state index contributed by atoms with van der Waals surface area (Å²) in [7, 11) is -3.51. The Morgan fingerprint density at radius 2 is 1.83 bits per heavy atom. The maximum absolute atomic E-state index is 15.2. The molecule has 42 heavy (non-hydrogen) atoms. The van der Waals surface area contributed by atoms with Crippen molar-refractivity contribution in [3.63, 3.8) is 0 Å². The van der Waals surface area contributed by atoms with Gasteiger partial charge in [-0.3, -0.25) is 4.98 Å². The molecular formula is C28H31FN8O4S. The minimum Gasteiger partial charge on any atom is -0.392 e. The number of aliphatic hydroxyl groups excluding tert-OH is 1. The molecule has 2 fully saturated rings. The highest BCUT2D eigenvalue weighted by molar-refractivity contribution is 7.90. The first kappa shape index (κ1) is 28.1. The van der Waals surface area contributed by atoms with E-state index < -0.39 is 33.3 Å². The van der Waals surface area contributed by atoms with Gasteiger partial charge in [-0.1, -0.05) is 0 Å². The zero-order valence-corrected chi connectivity index (χ0v) is 23.7. The zero-order chi connectivity index (χ0) is 29.5. The summed E-state index contributed by atoms with van der Waals surface area (Å²) in [5.41, 5.74) is 0.946. The number of hydrogen-bond acceptors (Lipinski definition) is 11. The average Bonchev–Trinajstić information content (AvgIpc) is 3.72. The normalized spacial score (nSPS) is 20.8. The lowest BCUT2D eigenvalue weighted by molar-refractivity contribution is 0.0196. The number of anilines is 3. The molecule has 4 aromatic rings. The molecule has 0 amide bonds. The summed E-state index contributed by atoms with van der Waals surface area (Å²) in [5.74, 6) is 0.485. The lowest BCUT2D eigenvalue weighted by Gasteiger charge is -2.34. The van der Waals surface area contributed by atoms with Crippen LogP contribution in [0.25, 0.3) is 22.6 Å². The molecule has 0 spiro atoms. The molecule has 0 saturated heterocycles. The number of hydrogen-bond donors (Lipinski definition) is 4. The van der Waals surface area contributed by atoms with Crippen molar-refractivity contribution in [3.05, 3.63) is 60.6 Å². The number of rotatable bonds is 9. The molecule has 6 rings (SSSR count). The van der Waals surface area contributed by atoms with Crippen LogP contribution in [0.2, 0.25) is 0 Å². The summed E-state index contributed by atoms with van der Waals surface area (Å²) < 4.78 is 41.2. The number of aliphatic hydroxyl groups is 2. The van der Waals surface area contributed by atoms with Crippen LogP contribution in [0, 0.1) is 5.82 Å². The second kappa shape index (κ2) is 11.0. The number of aromatic nitrogens is 6. The molecule has 0 aliphatic heterocycles. The van der Waals surface area contributed by atoms with Crippen molar-refractivity contribution >= 4 is 27.3 Å². The number of nitrogens with zero attached hydrogens (tertiary/aromatic N) is 6. The van der Waals surface area contributed by atoms with Crippen LogP contribution in [-0.2, 0) is 16.6 Å². The predicted octanol–water partition coefficient (Wildman–Crippen LogP) is 3.62. The summed E-state index contributed by atoms with van der Waals surface area (Å²) >= 11 is 0. The molecule has 0 radical (unpaired) electrons. The monoisotopic (exact) mass is 594 g/mol. The quantitative estimate of drug-likeness (QED) is 0.223. The van der Waals surface area contributed by atoms with Gasteiger partial charge in [-0.15, -0.1) is 0 Å². The third kappa shape index (κ3) is 5.82. The van der Waals surface area contributed by atoms with Crippen LogP contribution < -0.4 is 10.6 Å². The van der Waals surface area contributed by atoms with Gasteiger partial charge < -0.3 is 20.8 Å². The standard InChI is InChI=1S/C28H31FN8O4S/c1-28(39)8-4-19(5-9-28)34-22-12-24(32-14-21(22)26-25(29)17(16-38)6-10-30-26)35-23-7-11-31-27(36-23)18-13-33-37(15-18)42(40,41)20-2-3-20/h6-7,10-15,19-20,38-39H,2-5,8-9,16H2,1H3,(H2,31,32,34,35,36). The van der Waals surface area contributed by atoms with Gasteiger partial charge >= 0.3 is 0 Å². The molecule has 14 heteroatoms. The van der Waals surface area contributed by atoms with Gasteiger partial charge in [0.05, 0.1) is 35.4 Å². The highest BCUT2D eigenvalue weighted by Crippen LogP contribution is 2.35. The van der Waals surface area contributed by atoms with Crippen LogP contribution in [0.3, 0.4) is 0 Å². The van der Waals surface area contributed by atoms with E-state index in [0.29, 0.717) is 54.1 Å². The minimum absolute atomic E-state index is 0.0393. The van der Waals surface area contributed by atoms with Gasteiger partial charge in [0.15, 0.2) is 11.6 Å². The van der Waals surface area contributed by atoms with Crippen molar-refractivity contribution < 1.29 is 23.0 Å². The second-order valence-electron chi connectivity index (χ2n) is 11.1. The van der Waals surface area contributed by atoms with Crippen LogP contribution in [0.15, 0.2) is 49.2 Å². The van der Waals surface area contributed by atoms with Gasteiger partial charge in [0, 0.05) is 47.5 Å². The van der Waals surface area contributed by atoms with E-state index >= 15 is 4.39 Å². The SMILES string of the molecule is CC1(O)CCC(Nc2cc(Nc3ccnc(-c4cnn(S(=O)(=O)C5CC5)c4)n3)ncc2-c2nccc(CO)c2F)CC1. The Morgan fingerprint density at radius 3 is 2.57 bits per heavy atom. The smallest absolute Gasteiger partial charge is 0.256 e. The Bertz CT molecular complexity index is 1710. The third-order valence-corrected chi connectivity index (χ3v) is 9.69. The van der Waals surface area contributed by atoms with Gasteiger partial charge in [0.25, 0.3) is 10.0 Å². The average molecular weight is 595 g/mol. The Morgan fingerprint density at radius 1 is 1.07 bits per heavy atom. The van der Waals surface area contributed by atoms with E-state index in [1.807, 2.05) is 6.92 Å². The molecule has 2 aliphatic carbocycles. The fraction of sp³-hybridized carbons (Fsp3) is 0.393. The summed E-state index contributed by atoms with van der Waals surface area (Å²) in [5, 5.41) is 30.2. The first-order valence-electron chi connectivity index (χ1n) is 13.8. The van der Waals surface area contributed by atoms with Crippen LogP contribution >= 0.6 is 0 Å². The molecule has 4 heterocycles. The van der Waals surface area contributed by atoms with Crippen molar-refractivity contribution in [2.45, 2.75) is 68.9 Å². The molecule has 220 valence electrons. The van der Waals surface area contributed by atoms with Crippen LogP contribution in [0.1, 0.15) is 51.0 Å². The van der Waals surface area contributed by atoms with Crippen molar-refractivity contribution in [2.75, 3.05) is 10.6 Å². The Labute approximate surface area is 242 Å². The summed E-state index contributed by atoms with van der Waals surface area (Å²) in [6.45, 7) is 1.37. The fourth-order valence-corrected chi connectivity index (χ4v) is 6.48. The molecular weight excluding hydrogens is 563 g/mol. The summed E-state index contributed by atoms with van der Waals surface area (Å²) in [4.78, 5) is 17.5. The number of halogens is 1. The predicted molar refractivity (Wildman–Crippen MR) is 154 cm³/mol. The maximum atomic E-state index is 15.2. The van der Waals surface area contributed by atoms with Crippen LogP contribution in [0.5, 0.6) is 0 Å².